The molecule has 0 unspecified atom stereocenters. The largest absolute Gasteiger partial charge is 0.328 e. The van der Waals surface area contributed by atoms with Crippen LogP contribution in [0.25, 0.3) is 10.9 Å². The number of fused-ring (bicyclic) bond motifs is 1. The molecule has 0 bridgehead atoms. The van der Waals surface area contributed by atoms with Crippen LogP contribution < -0.4 is 11.2 Å². The quantitative estimate of drug-likeness (QED) is 0.733. The molecule has 1 heterocycles. The number of hydrogen-bond donors (Lipinski definition) is 1. The van der Waals surface area contributed by atoms with Gasteiger partial charge in [-0.2, -0.15) is 0 Å². The number of nitrogens with zero attached hydrogens (tertiary/aromatic N) is 1. The van der Waals surface area contributed by atoms with Gasteiger partial charge in [-0.1, -0.05) is 0 Å². The van der Waals surface area contributed by atoms with Gasteiger partial charge < -0.3 is 4.98 Å². The third-order valence-corrected chi connectivity index (χ3v) is 2.73. The summed E-state index contributed by atoms with van der Waals surface area (Å²) in [5.41, 5.74) is -0.0605. The van der Waals surface area contributed by atoms with E-state index in [4.69, 9.17) is 0 Å². The highest BCUT2D eigenvalue weighted by atomic mass is 127. The highest BCUT2D eigenvalue weighted by Gasteiger charge is 2.03. The van der Waals surface area contributed by atoms with E-state index in [0.717, 1.165) is 8.14 Å². The third kappa shape index (κ3) is 1.37. The average molecular weight is 302 g/mol. The number of aromatic nitrogens is 2. The smallest absolute Gasteiger partial charge is 0.307 e. The van der Waals surface area contributed by atoms with Crippen LogP contribution in [-0.2, 0) is 7.05 Å². The summed E-state index contributed by atoms with van der Waals surface area (Å²) >= 11 is 2.13. The number of rotatable bonds is 0. The Morgan fingerprint density at radius 1 is 1.36 bits per heavy atom. The highest BCUT2D eigenvalue weighted by molar-refractivity contribution is 14.1. The van der Waals surface area contributed by atoms with Crippen molar-refractivity contribution in [2.75, 3.05) is 0 Å². The first-order chi connectivity index (χ1) is 6.59. The van der Waals surface area contributed by atoms with Crippen LogP contribution in [0.15, 0.2) is 27.8 Å². The van der Waals surface area contributed by atoms with Crippen LogP contribution >= 0.6 is 22.6 Å². The van der Waals surface area contributed by atoms with Crippen molar-refractivity contribution in [1.29, 1.82) is 0 Å². The molecule has 0 saturated heterocycles. The van der Waals surface area contributed by atoms with E-state index < -0.39 is 0 Å². The second kappa shape index (κ2) is 3.23. The first kappa shape index (κ1) is 9.45. The van der Waals surface area contributed by atoms with Crippen LogP contribution in [-0.4, -0.2) is 9.55 Å². The maximum absolute atomic E-state index is 11.6. The lowest BCUT2D eigenvalue weighted by Gasteiger charge is -2.00. The van der Waals surface area contributed by atoms with E-state index in [1.165, 1.54) is 7.05 Å². The fourth-order valence-corrected chi connectivity index (χ4v) is 1.77. The topological polar surface area (TPSA) is 54.9 Å². The van der Waals surface area contributed by atoms with Crippen molar-refractivity contribution in [3.8, 4) is 0 Å². The Balaban J connectivity index is 3.06. The second-order valence-corrected chi connectivity index (χ2v) is 4.23. The molecule has 14 heavy (non-hydrogen) atoms. The molecule has 5 heteroatoms. The molecule has 0 amide bonds. The number of H-pyrrole nitrogens is 1. The Labute approximate surface area is 92.7 Å². The minimum absolute atomic E-state index is 0.264. The second-order valence-electron chi connectivity index (χ2n) is 2.98. The molecule has 0 saturated carbocycles. The summed E-state index contributed by atoms with van der Waals surface area (Å²) in [4.78, 5) is 25.5. The lowest BCUT2D eigenvalue weighted by molar-refractivity contribution is 0.794. The Morgan fingerprint density at radius 2 is 2.07 bits per heavy atom. The molecule has 0 atom stereocenters. The molecule has 72 valence electrons. The van der Waals surface area contributed by atoms with Crippen LogP contribution in [0.3, 0.4) is 0 Å². The van der Waals surface area contributed by atoms with Crippen LogP contribution in [0.5, 0.6) is 0 Å². The highest BCUT2D eigenvalue weighted by Crippen LogP contribution is 2.10. The first-order valence-corrected chi connectivity index (χ1v) is 5.06. The van der Waals surface area contributed by atoms with Gasteiger partial charge in [0.25, 0.3) is 5.56 Å². The molecule has 0 spiro atoms. The predicted octanol–water partition coefficient (Wildman–Crippen LogP) is 0.831. The van der Waals surface area contributed by atoms with E-state index in [9.17, 15) is 9.59 Å². The molecule has 1 N–H and O–H groups in total. The van der Waals surface area contributed by atoms with Crippen LogP contribution in [0.4, 0.5) is 0 Å². The van der Waals surface area contributed by atoms with Crippen molar-refractivity contribution in [3.05, 3.63) is 42.6 Å². The fraction of sp³-hybridized carbons (Fsp3) is 0.111. The molecule has 0 radical (unpaired) electrons. The zero-order chi connectivity index (χ0) is 10.3. The lowest BCUT2D eigenvalue weighted by atomic mass is 10.2. The maximum atomic E-state index is 11.6. The zero-order valence-corrected chi connectivity index (χ0v) is 9.53. The minimum Gasteiger partial charge on any atom is -0.307 e. The Bertz CT molecular complexity index is 612. The zero-order valence-electron chi connectivity index (χ0n) is 7.37. The summed E-state index contributed by atoms with van der Waals surface area (Å²) in [5.74, 6) is 0. The maximum Gasteiger partial charge on any atom is 0.328 e. The fourth-order valence-electron chi connectivity index (χ4n) is 1.28. The van der Waals surface area contributed by atoms with E-state index in [2.05, 4.69) is 27.6 Å². The van der Waals surface area contributed by atoms with E-state index in [1.54, 1.807) is 12.1 Å². The van der Waals surface area contributed by atoms with Crippen LogP contribution in [0, 0.1) is 3.57 Å². The molecule has 2 rings (SSSR count). The standard InChI is InChI=1S/C9H7IN2O2/c1-12-8(13)6-3-2-5(10)4-7(6)11-9(12)14/h2-4H,1H3,(H,11,14). The Morgan fingerprint density at radius 3 is 2.79 bits per heavy atom. The number of halogens is 1. The molecule has 4 nitrogen and oxygen atoms in total. The van der Waals surface area contributed by atoms with Crippen LogP contribution in [0.1, 0.15) is 0 Å². The summed E-state index contributed by atoms with van der Waals surface area (Å²) in [6, 6.07) is 5.33. The van der Waals surface area contributed by atoms with E-state index in [1.807, 2.05) is 6.07 Å². The van der Waals surface area contributed by atoms with Gasteiger partial charge in [0.2, 0.25) is 0 Å². The molecule has 0 aliphatic carbocycles. The summed E-state index contributed by atoms with van der Waals surface area (Å²) < 4.78 is 2.05. The van der Waals surface area contributed by atoms with Gasteiger partial charge in [-0.25, -0.2) is 4.79 Å². The molecule has 0 aliphatic rings. The molecule has 2 aromatic rings. The minimum atomic E-state index is -0.385. The van der Waals surface area contributed by atoms with Crippen molar-refractivity contribution in [2.45, 2.75) is 0 Å². The van der Waals surface area contributed by atoms with Gasteiger partial charge in [0.1, 0.15) is 0 Å². The lowest BCUT2D eigenvalue weighted by Crippen LogP contribution is -2.32. The van der Waals surface area contributed by atoms with Gasteiger partial charge in [0.05, 0.1) is 10.9 Å². The Hall–Kier alpha value is -1.11. The third-order valence-electron chi connectivity index (χ3n) is 2.06. The molecule has 1 aromatic carbocycles. The molecule has 0 fully saturated rings. The molecular weight excluding hydrogens is 295 g/mol. The summed E-state index contributed by atoms with van der Waals surface area (Å²) in [6.45, 7) is 0. The van der Waals surface area contributed by atoms with Crippen molar-refractivity contribution < 1.29 is 0 Å². The van der Waals surface area contributed by atoms with Gasteiger partial charge in [-0.15, -0.1) is 0 Å². The average Bonchev–Trinajstić information content (AvgIpc) is 2.14. The van der Waals surface area contributed by atoms with Gasteiger partial charge in [0, 0.05) is 10.6 Å². The number of aromatic amines is 1. The van der Waals surface area contributed by atoms with Gasteiger partial charge in [-0.05, 0) is 40.8 Å². The van der Waals surface area contributed by atoms with Gasteiger partial charge in [-0.3, -0.25) is 9.36 Å². The molecule has 0 aliphatic heterocycles. The number of nitrogens with one attached hydrogen (secondary N) is 1. The van der Waals surface area contributed by atoms with Crippen molar-refractivity contribution in [1.82, 2.24) is 9.55 Å². The molecule has 1 aromatic heterocycles. The summed E-state index contributed by atoms with van der Waals surface area (Å²) in [6.07, 6.45) is 0. The summed E-state index contributed by atoms with van der Waals surface area (Å²) in [5, 5.41) is 0.535. The van der Waals surface area contributed by atoms with Crippen LogP contribution in [0.2, 0.25) is 0 Å². The van der Waals surface area contributed by atoms with Gasteiger partial charge >= 0.3 is 5.69 Å². The SMILES string of the molecule is Cn1c(=O)[nH]c2cc(I)ccc2c1=O. The van der Waals surface area contributed by atoms with Crippen molar-refractivity contribution in [3.63, 3.8) is 0 Å². The van der Waals surface area contributed by atoms with Crippen molar-refractivity contribution >= 4 is 33.5 Å². The van der Waals surface area contributed by atoms with E-state index >= 15 is 0 Å². The number of hydrogen-bond acceptors (Lipinski definition) is 2. The van der Waals surface area contributed by atoms with Gasteiger partial charge in [0.15, 0.2) is 0 Å². The number of benzene rings is 1. The first-order valence-electron chi connectivity index (χ1n) is 3.98. The normalized spacial score (nSPS) is 10.7. The Kier molecular flexibility index (Phi) is 2.18. The van der Waals surface area contributed by atoms with E-state index in [0.29, 0.717) is 10.9 Å². The summed E-state index contributed by atoms with van der Waals surface area (Å²) in [7, 11) is 1.46. The van der Waals surface area contributed by atoms with E-state index in [-0.39, 0.29) is 11.2 Å². The monoisotopic (exact) mass is 302 g/mol. The van der Waals surface area contributed by atoms with Crippen molar-refractivity contribution in [2.24, 2.45) is 7.05 Å². The molecular formula is C9H7IN2O2. The predicted molar refractivity (Wildman–Crippen MR) is 62.5 cm³/mol.